The van der Waals surface area contributed by atoms with Crippen LogP contribution in [-0.2, 0) is 0 Å². The van der Waals surface area contributed by atoms with Gasteiger partial charge < -0.3 is 0 Å². The number of aromatic nitrogens is 2. The molecule has 0 aliphatic heterocycles. The first-order valence-electron chi connectivity index (χ1n) is 9.20. The third-order valence-electron chi connectivity index (χ3n) is 4.95. The average molecular weight is 407 g/mol. The molecule has 0 saturated heterocycles. The van der Waals surface area contributed by atoms with Gasteiger partial charge in [-0.25, -0.2) is 0 Å². The summed E-state index contributed by atoms with van der Waals surface area (Å²) in [5, 5.41) is 0. The molecule has 1 aromatic carbocycles. The first kappa shape index (κ1) is 17.8. The Balaban J connectivity index is 2.42. The van der Waals surface area contributed by atoms with E-state index in [2.05, 4.69) is 54.2 Å². The SMILES string of the molecule is CCC[CH2][Sn]([CH2]CCC)([CH2]CCC)[n]1cnc2ccccc21. The first-order valence-corrected chi connectivity index (χ1v) is 16.5. The number of hydrogen-bond donors (Lipinski definition) is 0. The molecule has 22 heavy (non-hydrogen) atoms. The van der Waals surface area contributed by atoms with Crippen molar-refractivity contribution < 1.29 is 0 Å². The van der Waals surface area contributed by atoms with Crippen LogP contribution in [0.15, 0.2) is 30.6 Å². The Labute approximate surface area is 140 Å². The van der Waals surface area contributed by atoms with Crippen molar-refractivity contribution >= 4 is 29.7 Å². The molecule has 0 spiro atoms. The van der Waals surface area contributed by atoms with Gasteiger partial charge in [0, 0.05) is 0 Å². The zero-order valence-corrected chi connectivity index (χ0v) is 17.5. The van der Waals surface area contributed by atoms with E-state index in [1.165, 1.54) is 62.9 Å². The zero-order chi connectivity index (χ0) is 15.8. The Morgan fingerprint density at radius 2 is 1.41 bits per heavy atom. The Morgan fingerprint density at radius 3 is 1.95 bits per heavy atom. The van der Waals surface area contributed by atoms with Gasteiger partial charge in [0.2, 0.25) is 0 Å². The van der Waals surface area contributed by atoms with Crippen molar-refractivity contribution in [1.82, 2.24) is 7.77 Å². The van der Waals surface area contributed by atoms with Gasteiger partial charge in [-0.1, -0.05) is 0 Å². The van der Waals surface area contributed by atoms with Gasteiger partial charge in [-0.3, -0.25) is 0 Å². The molecule has 0 N–H and O–H groups in total. The van der Waals surface area contributed by atoms with Gasteiger partial charge in [0.05, 0.1) is 0 Å². The average Bonchev–Trinajstić information content (AvgIpc) is 2.99. The number of fused-ring (bicyclic) bond motifs is 1. The van der Waals surface area contributed by atoms with E-state index in [0.717, 1.165) is 0 Å². The quantitative estimate of drug-likeness (QED) is 0.427. The van der Waals surface area contributed by atoms with Crippen molar-refractivity contribution in [3.05, 3.63) is 30.6 Å². The molecule has 0 unspecified atom stereocenters. The van der Waals surface area contributed by atoms with Crippen LogP contribution in [0.5, 0.6) is 0 Å². The minimum atomic E-state index is -2.39. The molecule has 0 fully saturated rings. The third-order valence-corrected chi connectivity index (χ3v) is 19.9. The molecule has 2 rings (SSSR count). The molecule has 0 radical (unpaired) electrons. The number of benzene rings is 1. The predicted octanol–water partition coefficient (Wildman–Crippen LogP) is 6.23. The van der Waals surface area contributed by atoms with Crippen LogP contribution in [0.3, 0.4) is 0 Å². The number of unbranched alkanes of at least 4 members (excludes halogenated alkanes) is 3. The summed E-state index contributed by atoms with van der Waals surface area (Å²) in [6.07, 6.45) is 10.4. The fourth-order valence-electron chi connectivity index (χ4n) is 3.59. The maximum absolute atomic E-state index is 4.72. The third kappa shape index (κ3) is 4.06. The fraction of sp³-hybridized carbons (Fsp3) is 0.632. The van der Waals surface area contributed by atoms with Gasteiger partial charge in [0.1, 0.15) is 0 Å². The summed E-state index contributed by atoms with van der Waals surface area (Å²) in [6.45, 7) is 7.01. The van der Waals surface area contributed by atoms with Gasteiger partial charge in [-0.2, -0.15) is 0 Å². The van der Waals surface area contributed by atoms with Crippen LogP contribution in [0.4, 0.5) is 0 Å². The van der Waals surface area contributed by atoms with E-state index in [1.807, 2.05) is 0 Å². The normalized spacial score (nSPS) is 12.1. The predicted molar refractivity (Wildman–Crippen MR) is 100 cm³/mol. The van der Waals surface area contributed by atoms with Crippen molar-refractivity contribution in [3.8, 4) is 0 Å². The summed E-state index contributed by atoms with van der Waals surface area (Å²) in [6, 6.07) is 8.75. The van der Waals surface area contributed by atoms with Crippen LogP contribution < -0.4 is 0 Å². The molecule has 1 aromatic heterocycles. The number of hydrogen-bond acceptors (Lipinski definition) is 1. The van der Waals surface area contributed by atoms with Crippen LogP contribution in [-0.4, -0.2) is 26.4 Å². The van der Waals surface area contributed by atoms with E-state index in [1.54, 1.807) is 0 Å². The molecular weight excluding hydrogens is 375 g/mol. The molecule has 2 nitrogen and oxygen atoms in total. The van der Waals surface area contributed by atoms with E-state index in [-0.39, 0.29) is 0 Å². The van der Waals surface area contributed by atoms with Crippen molar-refractivity contribution in [3.63, 3.8) is 0 Å². The zero-order valence-electron chi connectivity index (χ0n) is 14.6. The van der Waals surface area contributed by atoms with E-state index < -0.39 is 18.7 Å². The Bertz CT molecular complexity index is 540. The van der Waals surface area contributed by atoms with Crippen molar-refractivity contribution in [2.45, 2.75) is 72.6 Å². The van der Waals surface area contributed by atoms with Crippen molar-refractivity contribution in [1.29, 1.82) is 0 Å². The topological polar surface area (TPSA) is 17.8 Å². The summed E-state index contributed by atoms with van der Waals surface area (Å²) in [7, 11) is 0. The van der Waals surface area contributed by atoms with Crippen LogP contribution in [0.2, 0.25) is 13.3 Å². The molecule has 0 amide bonds. The van der Waals surface area contributed by atoms with Gasteiger partial charge in [0.15, 0.2) is 0 Å². The Morgan fingerprint density at radius 1 is 0.864 bits per heavy atom. The molecular formula is C19H32N2Sn. The maximum atomic E-state index is 4.72. The number of imidazole rings is 1. The summed E-state index contributed by atoms with van der Waals surface area (Å²) in [5.41, 5.74) is 2.59. The summed E-state index contributed by atoms with van der Waals surface area (Å²) >= 11 is -2.39. The molecule has 0 saturated carbocycles. The molecule has 0 bridgehead atoms. The Hall–Kier alpha value is -0.511. The molecule has 0 aliphatic carbocycles. The number of nitrogens with zero attached hydrogens (tertiary/aromatic N) is 2. The van der Waals surface area contributed by atoms with Crippen molar-refractivity contribution in [2.24, 2.45) is 0 Å². The second-order valence-corrected chi connectivity index (χ2v) is 19.3. The van der Waals surface area contributed by atoms with E-state index in [4.69, 9.17) is 4.98 Å². The van der Waals surface area contributed by atoms with Crippen LogP contribution >= 0.6 is 0 Å². The van der Waals surface area contributed by atoms with Gasteiger partial charge >= 0.3 is 141 Å². The second-order valence-electron chi connectivity index (χ2n) is 6.64. The van der Waals surface area contributed by atoms with Crippen LogP contribution in [0.25, 0.3) is 11.0 Å². The summed E-state index contributed by atoms with van der Waals surface area (Å²) in [5.74, 6) is 0. The van der Waals surface area contributed by atoms with E-state index in [9.17, 15) is 0 Å². The first-order chi connectivity index (χ1) is 10.8. The van der Waals surface area contributed by atoms with Crippen LogP contribution in [0.1, 0.15) is 59.3 Å². The van der Waals surface area contributed by atoms with Crippen molar-refractivity contribution in [2.75, 3.05) is 0 Å². The molecule has 0 aliphatic rings. The second kappa shape index (κ2) is 8.95. The molecule has 122 valence electrons. The van der Waals surface area contributed by atoms with Gasteiger partial charge in [-0.15, -0.1) is 0 Å². The summed E-state index contributed by atoms with van der Waals surface area (Å²) in [4.78, 5) is 4.72. The monoisotopic (exact) mass is 408 g/mol. The number of para-hydroxylation sites is 2. The standard InChI is InChI=1S/C7H5N2.3C4H9.Sn/c1-2-4-7-6(3-1)8-5-9-7;3*1-3-4-2;/h1-5H;3*1,3-4H2,2H3;/q-1;;;;+1. The molecule has 1 heterocycles. The Kier molecular flexibility index (Phi) is 7.26. The number of rotatable bonds is 10. The molecule has 3 heteroatoms. The fourth-order valence-corrected chi connectivity index (χ4v) is 19.3. The van der Waals surface area contributed by atoms with E-state index in [0.29, 0.717) is 0 Å². The van der Waals surface area contributed by atoms with E-state index >= 15 is 0 Å². The van der Waals surface area contributed by atoms with Gasteiger partial charge in [0.25, 0.3) is 0 Å². The van der Waals surface area contributed by atoms with Crippen LogP contribution in [0, 0.1) is 0 Å². The molecule has 0 atom stereocenters. The minimum absolute atomic E-state index is 1.19. The molecule has 2 aromatic rings. The van der Waals surface area contributed by atoms with Gasteiger partial charge in [-0.05, 0) is 0 Å². The summed E-state index contributed by atoms with van der Waals surface area (Å²) < 4.78 is 7.20.